The molecule has 136 valence electrons. The second-order valence-electron chi connectivity index (χ2n) is 7.64. The normalized spacial score (nSPS) is 26.3. The Morgan fingerprint density at radius 2 is 2.15 bits per heavy atom. The van der Waals surface area contributed by atoms with Crippen LogP contribution in [0.1, 0.15) is 40.0 Å². The van der Waals surface area contributed by atoms with Crippen LogP contribution in [0, 0.1) is 19.8 Å². The summed E-state index contributed by atoms with van der Waals surface area (Å²) in [7, 11) is 1.90. The molecule has 5 rings (SSSR count). The van der Waals surface area contributed by atoms with Crippen LogP contribution < -0.4 is 15.0 Å². The third-order valence-corrected chi connectivity index (χ3v) is 6.02. The minimum absolute atomic E-state index is 0.00697. The van der Waals surface area contributed by atoms with E-state index >= 15 is 0 Å². The Kier molecular flexibility index (Phi) is 3.29. The minimum atomic E-state index is 0.00697. The molecule has 1 N–H and O–H groups in total. The fraction of sp³-hybridized carbons (Fsp3) is 0.526. The van der Waals surface area contributed by atoms with Crippen LogP contribution in [-0.2, 0) is 13.6 Å². The fourth-order valence-corrected chi connectivity index (χ4v) is 4.45. The van der Waals surface area contributed by atoms with E-state index in [2.05, 4.69) is 22.2 Å². The van der Waals surface area contributed by atoms with Gasteiger partial charge in [0.15, 0.2) is 5.75 Å². The molecule has 2 fully saturated rings. The van der Waals surface area contributed by atoms with Crippen molar-refractivity contribution in [3.8, 4) is 5.75 Å². The van der Waals surface area contributed by atoms with Crippen LogP contribution >= 0.6 is 0 Å². The van der Waals surface area contributed by atoms with Crippen molar-refractivity contribution >= 4 is 11.7 Å². The van der Waals surface area contributed by atoms with Crippen molar-refractivity contribution in [2.45, 2.75) is 45.4 Å². The van der Waals surface area contributed by atoms with E-state index in [1.807, 2.05) is 20.2 Å². The molecule has 0 spiro atoms. The van der Waals surface area contributed by atoms with Crippen LogP contribution in [0.4, 0.5) is 5.82 Å². The molecule has 7 nitrogen and oxygen atoms in total. The summed E-state index contributed by atoms with van der Waals surface area (Å²) in [5, 5.41) is 7.08. The van der Waals surface area contributed by atoms with Crippen molar-refractivity contribution < 1.29 is 9.53 Å². The molecule has 2 aromatic rings. The minimum Gasteiger partial charge on any atom is -0.487 e. The number of hydrogen-bond acceptors (Lipinski definition) is 5. The molecule has 26 heavy (non-hydrogen) atoms. The second-order valence-corrected chi connectivity index (χ2v) is 7.64. The summed E-state index contributed by atoms with van der Waals surface area (Å²) in [5.41, 5.74) is 3.84. The molecule has 2 aromatic heterocycles. The van der Waals surface area contributed by atoms with Crippen LogP contribution in [0.3, 0.4) is 0 Å². The molecule has 2 aliphatic heterocycles. The van der Waals surface area contributed by atoms with E-state index < -0.39 is 0 Å². The monoisotopic (exact) mass is 353 g/mol. The predicted molar refractivity (Wildman–Crippen MR) is 96.4 cm³/mol. The number of pyridine rings is 1. The maximum atomic E-state index is 12.0. The van der Waals surface area contributed by atoms with E-state index in [9.17, 15) is 4.79 Å². The van der Waals surface area contributed by atoms with Crippen molar-refractivity contribution in [3.63, 3.8) is 0 Å². The Bertz CT molecular complexity index is 906. The van der Waals surface area contributed by atoms with Gasteiger partial charge in [-0.15, -0.1) is 0 Å². The highest BCUT2D eigenvalue weighted by Gasteiger charge is 2.52. The molecule has 3 atom stereocenters. The van der Waals surface area contributed by atoms with Gasteiger partial charge in [0, 0.05) is 32.0 Å². The molecular formula is C19H23N5O2. The Balaban J connectivity index is 1.38. The zero-order valence-electron chi connectivity index (χ0n) is 15.3. The number of ether oxygens (including phenoxy) is 1. The van der Waals surface area contributed by atoms with Gasteiger partial charge < -0.3 is 15.0 Å². The Hall–Kier alpha value is -2.57. The van der Waals surface area contributed by atoms with Crippen molar-refractivity contribution in [2.24, 2.45) is 13.0 Å². The van der Waals surface area contributed by atoms with Crippen LogP contribution in [0.15, 0.2) is 12.4 Å². The van der Waals surface area contributed by atoms with Crippen molar-refractivity contribution in [1.82, 2.24) is 20.1 Å². The number of amides is 1. The molecule has 3 aliphatic rings. The molecule has 4 heterocycles. The van der Waals surface area contributed by atoms with E-state index in [0.29, 0.717) is 18.5 Å². The molecular weight excluding hydrogens is 330 g/mol. The van der Waals surface area contributed by atoms with Gasteiger partial charge in [0.1, 0.15) is 11.9 Å². The number of nitrogens with zero attached hydrogens (tertiary/aromatic N) is 4. The number of aromatic nitrogens is 3. The highest BCUT2D eigenvalue weighted by atomic mass is 16.5. The molecule has 0 aromatic carbocycles. The Morgan fingerprint density at radius 1 is 1.31 bits per heavy atom. The van der Waals surface area contributed by atoms with Gasteiger partial charge in [0.05, 0.1) is 30.2 Å². The number of piperidine rings is 1. The number of anilines is 1. The predicted octanol–water partition coefficient (Wildman–Crippen LogP) is 1.72. The smallest absolute Gasteiger partial charge is 0.253 e. The fourth-order valence-electron chi connectivity index (χ4n) is 4.45. The van der Waals surface area contributed by atoms with E-state index in [0.717, 1.165) is 53.3 Å². The number of hydrogen-bond donors (Lipinski definition) is 1. The molecule has 0 bridgehead atoms. The summed E-state index contributed by atoms with van der Waals surface area (Å²) in [5.74, 6) is 2.44. The third-order valence-electron chi connectivity index (χ3n) is 6.02. The molecule has 1 saturated heterocycles. The van der Waals surface area contributed by atoms with Gasteiger partial charge in [-0.05, 0) is 31.4 Å². The van der Waals surface area contributed by atoms with E-state index in [1.165, 1.54) is 0 Å². The van der Waals surface area contributed by atoms with Gasteiger partial charge in [-0.1, -0.05) is 0 Å². The van der Waals surface area contributed by atoms with Crippen molar-refractivity contribution in [2.75, 3.05) is 11.4 Å². The zero-order chi connectivity index (χ0) is 18.0. The summed E-state index contributed by atoms with van der Waals surface area (Å²) >= 11 is 0. The first-order chi connectivity index (χ1) is 12.5. The van der Waals surface area contributed by atoms with Gasteiger partial charge >= 0.3 is 0 Å². The molecule has 7 heteroatoms. The van der Waals surface area contributed by atoms with Crippen LogP contribution in [-0.4, -0.2) is 39.4 Å². The van der Waals surface area contributed by atoms with E-state index in [1.54, 1.807) is 10.9 Å². The van der Waals surface area contributed by atoms with Gasteiger partial charge in [0.25, 0.3) is 5.91 Å². The number of carbonyl (C=O) groups excluding carboxylic acids is 1. The van der Waals surface area contributed by atoms with E-state index in [4.69, 9.17) is 9.72 Å². The van der Waals surface area contributed by atoms with Crippen LogP contribution in [0.25, 0.3) is 0 Å². The summed E-state index contributed by atoms with van der Waals surface area (Å²) in [6, 6.07) is 0.485. The lowest BCUT2D eigenvalue weighted by atomic mass is 10.0. The van der Waals surface area contributed by atoms with E-state index in [-0.39, 0.29) is 12.0 Å². The maximum Gasteiger partial charge on any atom is 0.253 e. The first-order valence-corrected chi connectivity index (χ1v) is 9.23. The van der Waals surface area contributed by atoms with Crippen molar-refractivity contribution in [3.05, 3.63) is 34.8 Å². The van der Waals surface area contributed by atoms with Crippen LogP contribution in [0.5, 0.6) is 5.75 Å². The lowest BCUT2D eigenvalue weighted by Crippen LogP contribution is -2.40. The number of carbonyl (C=O) groups is 1. The molecule has 1 saturated carbocycles. The molecule has 1 amide bonds. The first kappa shape index (κ1) is 15.7. The van der Waals surface area contributed by atoms with Gasteiger partial charge in [-0.3, -0.25) is 9.48 Å². The average Bonchev–Trinajstić information content (AvgIpc) is 3.20. The number of fused-ring (bicyclic) bond motifs is 2. The summed E-state index contributed by atoms with van der Waals surface area (Å²) in [6.07, 6.45) is 6.07. The maximum absolute atomic E-state index is 12.0. The summed E-state index contributed by atoms with van der Waals surface area (Å²) < 4.78 is 7.94. The first-order valence-electron chi connectivity index (χ1n) is 9.23. The molecule has 3 unspecified atom stereocenters. The van der Waals surface area contributed by atoms with Gasteiger partial charge in [-0.2, -0.15) is 5.10 Å². The third kappa shape index (κ3) is 2.29. The Morgan fingerprint density at radius 3 is 2.92 bits per heavy atom. The quantitative estimate of drug-likeness (QED) is 0.910. The van der Waals surface area contributed by atoms with Gasteiger partial charge in [-0.25, -0.2) is 4.98 Å². The number of aryl methyl sites for hydroxylation is 1. The molecule has 0 radical (unpaired) electrons. The highest BCUT2D eigenvalue weighted by molar-refractivity contribution is 5.99. The number of rotatable bonds is 3. The highest BCUT2D eigenvalue weighted by Crippen LogP contribution is 2.47. The lowest BCUT2D eigenvalue weighted by molar-refractivity contribution is 0.0965. The van der Waals surface area contributed by atoms with Crippen molar-refractivity contribution in [1.29, 1.82) is 0 Å². The zero-order valence-corrected chi connectivity index (χ0v) is 15.3. The number of nitrogens with one attached hydrogen (secondary N) is 1. The largest absolute Gasteiger partial charge is 0.487 e. The van der Waals surface area contributed by atoms with Gasteiger partial charge in [0.2, 0.25) is 0 Å². The van der Waals surface area contributed by atoms with Crippen LogP contribution in [0.2, 0.25) is 0 Å². The lowest BCUT2D eigenvalue weighted by Gasteiger charge is -2.33. The molecule has 1 aliphatic carbocycles. The topological polar surface area (TPSA) is 72.3 Å². The SMILES string of the molecule is Cc1c(N2CCC(Oc3cnn(C)c3)C3CC32)nc2c(c1C)C(=O)NC2. The average molecular weight is 353 g/mol. The second kappa shape index (κ2) is 5.46. The summed E-state index contributed by atoms with van der Waals surface area (Å²) in [6.45, 7) is 5.59. The summed E-state index contributed by atoms with van der Waals surface area (Å²) in [4.78, 5) is 19.3. The Labute approximate surface area is 152 Å². The standard InChI is InChI=1S/C19H23N5O2/c1-10-11(2)18(22-14-8-20-19(25)17(10)14)24-5-4-16(13-6-15(13)24)26-12-7-21-23(3)9-12/h7,9,13,15-16H,4-6,8H2,1-3H3,(H,20,25).